The minimum Gasteiger partial charge on any atom is -0.323 e. The molecule has 17 heavy (non-hydrogen) atoms. The molecular weight excluding hydrogens is 214 g/mol. The van der Waals surface area contributed by atoms with Gasteiger partial charge in [-0.1, -0.05) is 26.0 Å². The second-order valence-corrected chi connectivity index (χ2v) is 4.30. The van der Waals surface area contributed by atoms with Crippen LogP contribution >= 0.6 is 0 Å². The van der Waals surface area contributed by atoms with Crippen molar-refractivity contribution < 1.29 is 0 Å². The third-order valence-electron chi connectivity index (χ3n) is 3.11. The van der Waals surface area contributed by atoms with E-state index in [0.29, 0.717) is 0 Å². The standard InChI is InChI=1S/C12H25N5/c1-4-8-17-12(10-14-15-17)11(13)7-9-16(5-2)6-3/h10-11H,4-9,13H2,1-3H3. The molecule has 5 heteroatoms. The molecule has 1 heterocycles. The van der Waals surface area contributed by atoms with Crippen LogP contribution in [0.1, 0.15) is 45.3 Å². The van der Waals surface area contributed by atoms with Crippen LogP contribution in [-0.4, -0.2) is 39.5 Å². The number of rotatable bonds is 8. The summed E-state index contributed by atoms with van der Waals surface area (Å²) < 4.78 is 1.92. The Kier molecular flexibility index (Phi) is 6.15. The number of aryl methyl sites for hydroxylation is 1. The predicted octanol–water partition coefficient (Wildman–Crippen LogP) is 1.42. The second-order valence-electron chi connectivity index (χ2n) is 4.30. The molecule has 0 bridgehead atoms. The van der Waals surface area contributed by atoms with Gasteiger partial charge in [0.05, 0.1) is 11.9 Å². The lowest BCUT2D eigenvalue weighted by molar-refractivity contribution is 0.288. The molecule has 1 rings (SSSR count). The van der Waals surface area contributed by atoms with Crippen LogP contribution in [-0.2, 0) is 6.54 Å². The molecule has 1 atom stereocenters. The van der Waals surface area contributed by atoms with Gasteiger partial charge in [-0.2, -0.15) is 0 Å². The topological polar surface area (TPSA) is 60.0 Å². The summed E-state index contributed by atoms with van der Waals surface area (Å²) in [6.45, 7) is 10.6. The largest absolute Gasteiger partial charge is 0.323 e. The van der Waals surface area contributed by atoms with Crippen molar-refractivity contribution in [1.29, 1.82) is 0 Å². The fourth-order valence-electron chi connectivity index (χ4n) is 1.95. The summed E-state index contributed by atoms with van der Waals surface area (Å²) in [6, 6.07) is 0.0390. The summed E-state index contributed by atoms with van der Waals surface area (Å²) in [6.07, 6.45) is 3.81. The highest BCUT2D eigenvalue weighted by Crippen LogP contribution is 2.13. The van der Waals surface area contributed by atoms with E-state index < -0.39 is 0 Å². The maximum atomic E-state index is 6.20. The van der Waals surface area contributed by atoms with Crippen LogP contribution in [0.5, 0.6) is 0 Å². The molecule has 5 nitrogen and oxygen atoms in total. The van der Waals surface area contributed by atoms with E-state index in [2.05, 4.69) is 36.0 Å². The Morgan fingerprint density at radius 3 is 2.65 bits per heavy atom. The highest BCUT2D eigenvalue weighted by molar-refractivity contribution is 5.01. The SMILES string of the molecule is CCCn1nncc1C(N)CCN(CC)CC. The lowest BCUT2D eigenvalue weighted by Gasteiger charge is -2.20. The van der Waals surface area contributed by atoms with Gasteiger partial charge in [-0.15, -0.1) is 5.10 Å². The van der Waals surface area contributed by atoms with Gasteiger partial charge in [0, 0.05) is 12.6 Å². The lowest BCUT2D eigenvalue weighted by atomic mass is 10.1. The molecule has 0 aromatic carbocycles. The first-order valence-electron chi connectivity index (χ1n) is 6.59. The fourth-order valence-corrected chi connectivity index (χ4v) is 1.95. The lowest BCUT2D eigenvalue weighted by Crippen LogP contribution is -2.28. The monoisotopic (exact) mass is 239 g/mol. The third kappa shape index (κ3) is 4.09. The fraction of sp³-hybridized carbons (Fsp3) is 0.833. The van der Waals surface area contributed by atoms with Crippen molar-refractivity contribution in [1.82, 2.24) is 19.9 Å². The van der Waals surface area contributed by atoms with Crippen LogP contribution in [0.2, 0.25) is 0 Å². The summed E-state index contributed by atoms with van der Waals surface area (Å²) >= 11 is 0. The third-order valence-corrected chi connectivity index (χ3v) is 3.11. The van der Waals surface area contributed by atoms with Crippen LogP contribution in [0.4, 0.5) is 0 Å². The zero-order valence-corrected chi connectivity index (χ0v) is 11.3. The van der Waals surface area contributed by atoms with Crippen LogP contribution in [0, 0.1) is 0 Å². The van der Waals surface area contributed by atoms with Crippen molar-refractivity contribution in [2.75, 3.05) is 19.6 Å². The normalized spacial score (nSPS) is 13.2. The van der Waals surface area contributed by atoms with Crippen molar-refractivity contribution in [2.24, 2.45) is 5.73 Å². The molecule has 0 amide bonds. The van der Waals surface area contributed by atoms with Crippen molar-refractivity contribution in [3.05, 3.63) is 11.9 Å². The molecule has 1 aromatic heterocycles. The Labute approximate surface area is 104 Å². The summed E-state index contributed by atoms with van der Waals surface area (Å²) in [5.74, 6) is 0. The van der Waals surface area contributed by atoms with Gasteiger partial charge in [0.1, 0.15) is 0 Å². The summed E-state index contributed by atoms with van der Waals surface area (Å²) in [4.78, 5) is 2.38. The van der Waals surface area contributed by atoms with Gasteiger partial charge >= 0.3 is 0 Å². The summed E-state index contributed by atoms with van der Waals surface area (Å²) in [5, 5.41) is 8.02. The number of hydrogen-bond donors (Lipinski definition) is 1. The molecule has 0 saturated heterocycles. The highest BCUT2D eigenvalue weighted by atomic mass is 15.4. The van der Waals surface area contributed by atoms with E-state index in [1.54, 1.807) is 6.20 Å². The smallest absolute Gasteiger partial charge is 0.0754 e. The Bertz CT molecular complexity index is 306. The molecule has 0 aliphatic heterocycles. The van der Waals surface area contributed by atoms with Gasteiger partial charge in [0.2, 0.25) is 0 Å². The summed E-state index contributed by atoms with van der Waals surface area (Å²) in [7, 11) is 0. The van der Waals surface area contributed by atoms with E-state index in [-0.39, 0.29) is 6.04 Å². The maximum Gasteiger partial charge on any atom is 0.0754 e. The van der Waals surface area contributed by atoms with Crippen LogP contribution in [0.3, 0.4) is 0 Å². The first kappa shape index (κ1) is 14.1. The molecule has 0 fully saturated rings. The Morgan fingerprint density at radius 1 is 1.35 bits per heavy atom. The average molecular weight is 239 g/mol. The highest BCUT2D eigenvalue weighted by Gasteiger charge is 2.13. The van der Waals surface area contributed by atoms with Gasteiger partial charge in [0.25, 0.3) is 0 Å². The number of hydrogen-bond acceptors (Lipinski definition) is 4. The van der Waals surface area contributed by atoms with E-state index in [9.17, 15) is 0 Å². The molecule has 2 N–H and O–H groups in total. The van der Waals surface area contributed by atoms with Gasteiger partial charge in [0.15, 0.2) is 0 Å². The number of nitrogens with zero attached hydrogens (tertiary/aromatic N) is 4. The zero-order valence-electron chi connectivity index (χ0n) is 11.3. The molecule has 1 aromatic rings. The van der Waals surface area contributed by atoms with E-state index in [1.165, 1.54) is 0 Å². The Hall–Kier alpha value is -0.940. The molecule has 0 radical (unpaired) electrons. The van der Waals surface area contributed by atoms with Crippen LogP contribution in [0.25, 0.3) is 0 Å². The first-order valence-corrected chi connectivity index (χ1v) is 6.59. The second kappa shape index (κ2) is 7.40. The van der Waals surface area contributed by atoms with Crippen LogP contribution < -0.4 is 5.73 Å². The number of nitrogens with two attached hydrogens (primary N) is 1. The van der Waals surface area contributed by atoms with E-state index in [0.717, 1.165) is 44.7 Å². The van der Waals surface area contributed by atoms with Crippen molar-refractivity contribution in [2.45, 2.75) is 46.2 Å². The Morgan fingerprint density at radius 2 is 2.06 bits per heavy atom. The summed E-state index contributed by atoms with van der Waals surface area (Å²) in [5.41, 5.74) is 7.26. The Balaban J connectivity index is 2.51. The van der Waals surface area contributed by atoms with Crippen molar-refractivity contribution in [3.63, 3.8) is 0 Å². The average Bonchev–Trinajstić information content (AvgIpc) is 2.79. The van der Waals surface area contributed by atoms with E-state index in [1.807, 2.05) is 4.68 Å². The molecule has 0 aliphatic rings. The zero-order chi connectivity index (χ0) is 12.7. The van der Waals surface area contributed by atoms with E-state index >= 15 is 0 Å². The molecule has 98 valence electrons. The molecule has 0 saturated carbocycles. The van der Waals surface area contributed by atoms with Gasteiger partial charge in [-0.05, 0) is 32.5 Å². The number of aromatic nitrogens is 3. The minimum atomic E-state index is 0.0390. The van der Waals surface area contributed by atoms with Crippen LogP contribution in [0.15, 0.2) is 6.20 Å². The molecule has 0 aliphatic carbocycles. The van der Waals surface area contributed by atoms with E-state index in [4.69, 9.17) is 5.73 Å². The minimum absolute atomic E-state index is 0.0390. The van der Waals surface area contributed by atoms with Gasteiger partial charge in [-0.3, -0.25) is 0 Å². The molecule has 0 spiro atoms. The van der Waals surface area contributed by atoms with Gasteiger partial charge in [-0.25, -0.2) is 4.68 Å². The maximum absolute atomic E-state index is 6.20. The van der Waals surface area contributed by atoms with Crippen molar-refractivity contribution >= 4 is 0 Å². The molecule has 1 unspecified atom stereocenters. The quantitative estimate of drug-likeness (QED) is 0.745. The predicted molar refractivity (Wildman–Crippen MR) is 69.6 cm³/mol. The van der Waals surface area contributed by atoms with Crippen molar-refractivity contribution in [3.8, 4) is 0 Å². The first-order chi connectivity index (χ1) is 8.22. The molecular formula is C12H25N5. The van der Waals surface area contributed by atoms with Gasteiger partial charge < -0.3 is 10.6 Å².